The van der Waals surface area contributed by atoms with Crippen molar-refractivity contribution in [3.8, 4) is 11.5 Å². The molecule has 0 bridgehead atoms. The van der Waals surface area contributed by atoms with Gasteiger partial charge in [0.05, 0.1) is 18.6 Å². The number of hydrogen-bond donors (Lipinski definition) is 1. The number of rotatable bonds is 10. The third-order valence-electron chi connectivity index (χ3n) is 5.18. The van der Waals surface area contributed by atoms with Gasteiger partial charge in [0.25, 0.3) is 0 Å². The maximum absolute atomic E-state index is 12.6. The largest absolute Gasteiger partial charge is 0.495 e. The summed E-state index contributed by atoms with van der Waals surface area (Å²) < 4.78 is 13.6. The monoisotopic (exact) mass is 502 g/mol. The lowest BCUT2D eigenvalue weighted by Gasteiger charge is -2.21. The van der Waals surface area contributed by atoms with E-state index in [4.69, 9.17) is 21.1 Å². The molecular formula is C25H31ClN4O3S. The molecule has 0 radical (unpaired) electrons. The normalized spacial score (nSPS) is 12.1. The van der Waals surface area contributed by atoms with Crippen molar-refractivity contribution in [2.45, 2.75) is 57.8 Å². The molecule has 1 heterocycles. The molecule has 0 saturated carbocycles. The summed E-state index contributed by atoms with van der Waals surface area (Å²) in [6.07, 6.45) is -0.311. The van der Waals surface area contributed by atoms with Gasteiger partial charge in [-0.2, -0.15) is 0 Å². The molecule has 1 unspecified atom stereocenters. The molecule has 1 amide bonds. The second kappa shape index (κ2) is 11.6. The molecule has 1 atom stereocenters. The lowest BCUT2D eigenvalue weighted by atomic mass is 10.0. The third-order valence-corrected chi connectivity index (χ3v) is 6.36. The van der Waals surface area contributed by atoms with Crippen molar-refractivity contribution < 1.29 is 14.3 Å². The summed E-state index contributed by atoms with van der Waals surface area (Å²) in [5, 5.41) is 12.8. The number of nitrogens with zero attached hydrogens (tertiary/aromatic N) is 3. The number of methoxy groups -OCH3 is 1. The molecule has 34 heavy (non-hydrogen) atoms. The third kappa shape index (κ3) is 6.24. The van der Waals surface area contributed by atoms with Gasteiger partial charge in [0.15, 0.2) is 17.1 Å². The Hall–Kier alpha value is -2.71. The van der Waals surface area contributed by atoms with Crippen LogP contribution in [0.3, 0.4) is 0 Å². The Labute approximate surface area is 210 Å². The van der Waals surface area contributed by atoms with Crippen molar-refractivity contribution in [3.63, 3.8) is 0 Å². The number of thioether (sulfide) groups is 1. The van der Waals surface area contributed by atoms with E-state index in [2.05, 4.69) is 49.3 Å². The number of ether oxygens (including phenoxy) is 2. The fourth-order valence-corrected chi connectivity index (χ4v) is 4.60. The van der Waals surface area contributed by atoms with Crippen molar-refractivity contribution in [1.82, 2.24) is 14.8 Å². The number of aromatic nitrogens is 3. The number of carbonyl (C=O) groups is 1. The highest BCUT2D eigenvalue weighted by atomic mass is 35.5. The van der Waals surface area contributed by atoms with Gasteiger partial charge < -0.3 is 19.4 Å². The summed E-state index contributed by atoms with van der Waals surface area (Å²) in [4.78, 5) is 12.6. The summed E-state index contributed by atoms with van der Waals surface area (Å²) in [6.45, 7) is 10.4. The van der Waals surface area contributed by atoms with Crippen LogP contribution in [0, 0.1) is 0 Å². The van der Waals surface area contributed by atoms with E-state index >= 15 is 0 Å². The van der Waals surface area contributed by atoms with Crippen LogP contribution in [-0.2, 0) is 4.79 Å². The summed E-state index contributed by atoms with van der Waals surface area (Å²) >= 11 is 7.38. The van der Waals surface area contributed by atoms with Crippen LogP contribution in [0.25, 0.3) is 0 Å². The van der Waals surface area contributed by atoms with E-state index in [1.165, 1.54) is 11.8 Å². The average molecular weight is 503 g/mol. The number of benzene rings is 2. The van der Waals surface area contributed by atoms with Crippen LogP contribution in [0.1, 0.15) is 64.1 Å². The first kappa shape index (κ1) is 25.9. The zero-order chi connectivity index (χ0) is 24.8. The van der Waals surface area contributed by atoms with Crippen LogP contribution in [0.4, 0.5) is 5.69 Å². The molecule has 9 heteroatoms. The molecule has 0 fully saturated rings. The zero-order valence-corrected chi connectivity index (χ0v) is 21.9. The van der Waals surface area contributed by atoms with Crippen molar-refractivity contribution in [1.29, 1.82) is 0 Å². The molecule has 0 aliphatic carbocycles. The van der Waals surface area contributed by atoms with E-state index < -0.39 is 0 Å². The predicted octanol–water partition coefficient (Wildman–Crippen LogP) is 6.52. The Morgan fingerprint density at radius 1 is 1.09 bits per heavy atom. The molecule has 3 rings (SSSR count). The Morgan fingerprint density at radius 3 is 2.50 bits per heavy atom. The molecule has 7 nitrogen and oxygen atoms in total. The summed E-state index contributed by atoms with van der Waals surface area (Å²) in [5.41, 5.74) is 1.67. The fourth-order valence-electron chi connectivity index (χ4n) is 3.55. The molecule has 0 aliphatic heterocycles. The van der Waals surface area contributed by atoms with Gasteiger partial charge in [-0.1, -0.05) is 55.4 Å². The minimum absolute atomic E-state index is 0.0926. The Bertz CT molecular complexity index is 1130. The molecular weight excluding hydrogens is 472 g/mol. The average Bonchev–Trinajstić information content (AvgIpc) is 3.22. The maximum atomic E-state index is 12.6. The van der Waals surface area contributed by atoms with Crippen molar-refractivity contribution in [2.75, 3.05) is 18.2 Å². The first-order chi connectivity index (χ1) is 16.2. The van der Waals surface area contributed by atoms with Crippen LogP contribution < -0.4 is 14.8 Å². The first-order valence-corrected chi connectivity index (χ1v) is 12.5. The minimum atomic E-state index is -0.311. The van der Waals surface area contributed by atoms with E-state index in [9.17, 15) is 4.79 Å². The number of nitrogens with one attached hydrogen (secondary N) is 1. The highest BCUT2D eigenvalue weighted by molar-refractivity contribution is 7.99. The lowest BCUT2D eigenvalue weighted by molar-refractivity contribution is -0.113. The van der Waals surface area contributed by atoms with E-state index in [0.29, 0.717) is 33.4 Å². The van der Waals surface area contributed by atoms with Crippen molar-refractivity contribution in [2.24, 2.45) is 0 Å². The van der Waals surface area contributed by atoms with Gasteiger partial charge in [-0.05, 0) is 56.5 Å². The topological polar surface area (TPSA) is 78.3 Å². The number of hydrogen-bond acceptors (Lipinski definition) is 6. The van der Waals surface area contributed by atoms with Gasteiger partial charge in [-0.25, -0.2) is 0 Å². The second-order valence-corrected chi connectivity index (χ2v) is 9.82. The van der Waals surface area contributed by atoms with Crippen LogP contribution in [0.5, 0.6) is 11.5 Å². The highest BCUT2D eigenvalue weighted by Gasteiger charge is 2.23. The zero-order valence-electron chi connectivity index (χ0n) is 20.3. The predicted molar refractivity (Wildman–Crippen MR) is 137 cm³/mol. The quantitative estimate of drug-likeness (QED) is 0.318. The molecule has 1 N–H and O–H groups in total. The maximum Gasteiger partial charge on any atom is 0.234 e. The molecule has 0 aliphatic rings. The number of para-hydroxylation sites is 1. The summed E-state index contributed by atoms with van der Waals surface area (Å²) in [7, 11) is 1.54. The van der Waals surface area contributed by atoms with Gasteiger partial charge in [0.1, 0.15) is 11.5 Å². The Morgan fingerprint density at radius 2 is 1.82 bits per heavy atom. The number of amides is 1. The standard InChI is InChI=1S/C25H31ClN4O3S/c1-15(2)19-9-7-8-10-21(19)33-17(5)24-28-29-25(30(24)16(3)4)34-14-23(31)27-20-13-18(26)11-12-22(20)32-6/h7-13,15-17H,14H2,1-6H3,(H,27,31). The number of carbonyl (C=O) groups excluding carboxylic acids is 1. The van der Waals surface area contributed by atoms with Gasteiger partial charge in [-0.15, -0.1) is 10.2 Å². The second-order valence-electron chi connectivity index (χ2n) is 8.44. The number of halogens is 1. The van der Waals surface area contributed by atoms with Gasteiger partial charge in [0.2, 0.25) is 5.91 Å². The SMILES string of the molecule is COc1ccc(Cl)cc1NC(=O)CSc1nnc(C(C)Oc2ccccc2C(C)C)n1C(C)C. The van der Waals surface area contributed by atoms with Gasteiger partial charge in [-0.3, -0.25) is 4.79 Å². The molecule has 2 aromatic carbocycles. The van der Waals surface area contributed by atoms with Crippen LogP contribution in [0.15, 0.2) is 47.6 Å². The van der Waals surface area contributed by atoms with Crippen LogP contribution in [-0.4, -0.2) is 33.5 Å². The molecule has 3 aromatic rings. The molecule has 0 spiro atoms. The summed E-state index contributed by atoms with van der Waals surface area (Å²) in [5.74, 6) is 2.41. The van der Waals surface area contributed by atoms with Crippen LogP contribution >= 0.6 is 23.4 Å². The Kier molecular flexibility index (Phi) is 8.85. The molecule has 0 saturated heterocycles. The Balaban J connectivity index is 1.73. The smallest absolute Gasteiger partial charge is 0.234 e. The minimum Gasteiger partial charge on any atom is -0.495 e. The van der Waals surface area contributed by atoms with E-state index in [-0.39, 0.29) is 23.8 Å². The molecule has 1 aromatic heterocycles. The van der Waals surface area contributed by atoms with Crippen LogP contribution in [0.2, 0.25) is 5.02 Å². The molecule has 182 valence electrons. The fraction of sp³-hybridized carbons (Fsp3) is 0.400. The number of anilines is 1. The van der Waals surface area contributed by atoms with Crippen molar-refractivity contribution in [3.05, 3.63) is 58.9 Å². The highest BCUT2D eigenvalue weighted by Crippen LogP contribution is 2.32. The van der Waals surface area contributed by atoms with Crippen molar-refractivity contribution >= 4 is 35.0 Å². The first-order valence-electron chi connectivity index (χ1n) is 11.2. The lowest BCUT2D eigenvalue weighted by Crippen LogP contribution is -2.17. The van der Waals surface area contributed by atoms with E-state index in [1.807, 2.05) is 29.7 Å². The van der Waals surface area contributed by atoms with Gasteiger partial charge in [0, 0.05) is 11.1 Å². The van der Waals surface area contributed by atoms with Gasteiger partial charge >= 0.3 is 0 Å². The summed E-state index contributed by atoms with van der Waals surface area (Å²) in [6, 6.07) is 13.2. The van der Waals surface area contributed by atoms with E-state index in [1.54, 1.807) is 25.3 Å². The van der Waals surface area contributed by atoms with E-state index in [0.717, 1.165) is 11.3 Å².